The van der Waals surface area contributed by atoms with E-state index in [2.05, 4.69) is 26.8 Å². The second-order valence-electron chi connectivity index (χ2n) is 4.52. The van der Waals surface area contributed by atoms with Crippen molar-refractivity contribution < 1.29 is 0 Å². The van der Waals surface area contributed by atoms with Crippen LogP contribution in [0.3, 0.4) is 0 Å². The van der Waals surface area contributed by atoms with Crippen LogP contribution in [0.15, 0.2) is 11.6 Å². The minimum Gasteiger partial charge on any atom is -0.0822 e. The molecular formula is C13H24. The molecule has 0 spiro atoms. The molecule has 0 aromatic rings. The Morgan fingerprint density at radius 2 is 1.77 bits per heavy atom. The van der Waals surface area contributed by atoms with Crippen LogP contribution in [0.2, 0.25) is 0 Å². The molecular weight excluding hydrogens is 156 g/mol. The molecule has 76 valence electrons. The number of hydrogen-bond donors (Lipinski definition) is 0. The summed E-state index contributed by atoms with van der Waals surface area (Å²) >= 11 is 0. The largest absolute Gasteiger partial charge is 0.0822 e. The van der Waals surface area contributed by atoms with E-state index in [4.69, 9.17) is 0 Å². The first-order valence-electron chi connectivity index (χ1n) is 5.96. The lowest BCUT2D eigenvalue weighted by Gasteiger charge is -2.16. The van der Waals surface area contributed by atoms with E-state index in [-0.39, 0.29) is 0 Å². The van der Waals surface area contributed by atoms with Gasteiger partial charge in [-0.3, -0.25) is 0 Å². The van der Waals surface area contributed by atoms with Crippen molar-refractivity contribution in [1.82, 2.24) is 0 Å². The lowest BCUT2D eigenvalue weighted by molar-refractivity contribution is 0.502. The fraction of sp³-hybridized carbons (Fsp3) is 0.846. The van der Waals surface area contributed by atoms with Crippen LogP contribution in [-0.4, -0.2) is 0 Å². The van der Waals surface area contributed by atoms with E-state index in [0.29, 0.717) is 0 Å². The van der Waals surface area contributed by atoms with Gasteiger partial charge in [0.15, 0.2) is 0 Å². The predicted molar refractivity (Wildman–Crippen MR) is 59.8 cm³/mol. The van der Waals surface area contributed by atoms with E-state index in [9.17, 15) is 0 Å². The highest BCUT2D eigenvalue weighted by atomic mass is 14.3. The molecule has 0 saturated heterocycles. The van der Waals surface area contributed by atoms with Crippen molar-refractivity contribution in [3.63, 3.8) is 0 Å². The SMILES string of the molecule is CCCC(CCC)/C(C)=C\C1CC1. The van der Waals surface area contributed by atoms with Crippen LogP contribution in [0.5, 0.6) is 0 Å². The average Bonchev–Trinajstić information content (AvgIpc) is 2.88. The van der Waals surface area contributed by atoms with E-state index in [1.54, 1.807) is 5.57 Å². The minimum absolute atomic E-state index is 0.885. The molecule has 1 fully saturated rings. The van der Waals surface area contributed by atoms with Crippen molar-refractivity contribution in [2.75, 3.05) is 0 Å². The Bertz CT molecular complexity index is 157. The molecule has 1 rings (SSSR count). The second-order valence-corrected chi connectivity index (χ2v) is 4.52. The lowest BCUT2D eigenvalue weighted by atomic mass is 9.90. The van der Waals surface area contributed by atoms with Crippen LogP contribution in [0.1, 0.15) is 59.3 Å². The number of allylic oxidation sites excluding steroid dienone is 2. The van der Waals surface area contributed by atoms with Gasteiger partial charge < -0.3 is 0 Å². The summed E-state index contributed by atoms with van der Waals surface area (Å²) < 4.78 is 0. The van der Waals surface area contributed by atoms with Crippen molar-refractivity contribution in [1.29, 1.82) is 0 Å². The van der Waals surface area contributed by atoms with Crippen molar-refractivity contribution >= 4 is 0 Å². The summed E-state index contributed by atoms with van der Waals surface area (Å²) in [5.41, 5.74) is 1.67. The smallest absolute Gasteiger partial charge is 0.0206 e. The summed E-state index contributed by atoms with van der Waals surface area (Å²) in [6.45, 7) is 6.94. The van der Waals surface area contributed by atoms with Gasteiger partial charge in [-0.25, -0.2) is 0 Å². The van der Waals surface area contributed by atoms with Gasteiger partial charge in [0, 0.05) is 0 Å². The van der Waals surface area contributed by atoms with Gasteiger partial charge in [-0.15, -0.1) is 0 Å². The summed E-state index contributed by atoms with van der Waals surface area (Å²) in [6, 6.07) is 0. The van der Waals surface area contributed by atoms with Crippen LogP contribution in [0.25, 0.3) is 0 Å². The third kappa shape index (κ3) is 3.97. The molecule has 0 aromatic heterocycles. The lowest BCUT2D eigenvalue weighted by Crippen LogP contribution is -2.01. The molecule has 0 heteroatoms. The van der Waals surface area contributed by atoms with Gasteiger partial charge in [-0.05, 0) is 44.4 Å². The van der Waals surface area contributed by atoms with Gasteiger partial charge in [0.1, 0.15) is 0 Å². The van der Waals surface area contributed by atoms with Crippen LogP contribution >= 0.6 is 0 Å². The zero-order valence-corrected chi connectivity index (χ0v) is 9.47. The first-order chi connectivity index (χ1) is 6.27. The molecule has 0 heterocycles. The van der Waals surface area contributed by atoms with E-state index in [0.717, 1.165) is 11.8 Å². The highest BCUT2D eigenvalue weighted by molar-refractivity contribution is 5.09. The third-order valence-electron chi connectivity index (χ3n) is 3.04. The first kappa shape index (κ1) is 10.8. The third-order valence-corrected chi connectivity index (χ3v) is 3.04. The Balaban J connectivity index is 2.40. The fourth-order valence-corrected chi connectivity index (χ4v) is 2.07. The van der Waals surface area contributed by atoms with Crippen molar-refractivity contribution in [2.24, 2.45) is 11.8 Å². The standard InChI is InChI=1S/C13H24/c1-4-6-13(7-5-2)11(3)10-12-8-9-12/h10,12-13H,4-9H2,1-3H3/b11-10-. The summed E-state index contributed by atoms with van der Waals surface area (Å²) in [7, 11) is 0. The monoisotopic (exact) mass is 180 g/mol. The van der Waals surface area contributed by atoms with Crippen LogP contribution < -0.4 is 0 Å². The van der Waals surface area contributed by atoms with E-state index in [1.807, 2.05) is 0 Å². The number of rotatable bonds is 6. The molecule has 13 heavy (non-hydrogen) atoms. The van der Waals surface area contributed by atoms with Gasteiger partial charge in [-0.2, -0.15) is 0 Å². The second kappa shape index (κ2) is 5.47. The van der Waals surface area contributed by atoms with Gasteiger partial charge >= 0.3 is 0 Å². The Hall–Kier alpha value is -0.260. The zero-order valence-electron chi connectivity index (χ0n) is 9.47. The summed E-state index contributed by atoms with van der Waals surface area (Å²) in [4.78, 5) is 0. The molecule has 1 saturated carbocycles. The summed E-state index contributed by atoms with van der Waals surface area (Å²) in [5.74, 6) is 1.84. The Labute approximate surface area is 83.4 Å². The average molecular weight is 180 g/mol. The molecule has 0 aromatic carbocycles. The predicted octanol–water partition coefficient (Wildman–Crippen LogP) is 4.56. The highest BCUT2D eigenvalue weighted by Crippen LogP contribution is 2.34. The van der Waals surface area contributed by atoms with Crippen LogP contribution in [-0.2, 0) is 0 Å². The molecule has 0 N–H and O–H groups in total. The molecule has 0 unspecified atom stereocenters. The Kier molecular flexibility index (Phi) is 4.55. The summed E-state index contributed by atoms with van der Waals surface area (Å²) in [6.07, 6.45) is 10.9. The normalized spacial score (nSPS) is 18.3. The molecule has 0 aliphatic heterocycles. The molecule has 0 atom stereocenters. The van der Waals surface area contributed by atoms with Crippen LogP contribution in [0, 0.1) is 11.8 Å². The zero-order chi connectivity index (χ0) is 9.68. The molecule has 1 aliphatic rings. The highest BCUT2D eigenvalue weighted by Gasteiger charge is 2.20. The van der Waals surface area contributed by atoms with Gasteiger partial charge in [0.2, 0.25) is 0 Å². The maximum Gasteiger partial charge on any atom is -0.0206 e. The van der Waals surface area contributed by atoms with Crippen molar-refractivity contribution in [3.05, 3.63) is 11.6 Å². The van der Waals surface area contributed by atoms with Crippen molar-refractivity contribution in [2.45, 2.75) is 59.3 Å². The molecule has 0 radical (unpaired) electrons. The van der Waals surface area contributed by atoms with Crippen LogP contribution in [0.4, 0.5) is 0 Å². The van der Waals surface area contributed by atoms with E-state index >= 15 is 0 Å². The van der Waals surface area contributed by atoms with Gasteiger partial charge in [0.25, 0.3) is 0 Å². The quantitative estimate of drug-likeness (QED) is 0.526. The fourth-order valence-electron chi connectivity index (χ4n) is 2.07. The van der Waals surface area contributed by atoms with Gasteiger partial charge in [-0.1, -0.05) is 38.3 Å². The maximum absolute atomic E-state index is 2.54. The van der Waals surface area contributed by atoms with E-state index < -0.39 is 0 Å². The molecule has 0 amide bonds. The first-order valence-corrected chi connectivity index (χ1v) is 5.96. The van der Waals surface area contributed by atoms with Gasteiger partial charge in [0.05, 0.1) is 0 Å². The Morgan fingerprint density at radius 3 is 2.15 bits per heavy atom. The topological polar surface area (TPSA) is 0 Å². The molecule has 0 bridgehead atoms. The maximum atomic E-state index is 2.54. The van der Waals surface area contributed by atoms with Crippen molar-refractivity contribution in [3.8, 4) is 0 Å². The van der Waals surface area contributed by atoms with E-state index in [1.165, 1.54) is 38.5 Å². The molecule has 1 aliphatic carbocycles. The molecule has 0 nitrogen and oxygen atoms in total. The Morgan fingerprint density at radius 1 is 1.23 bits per heavy atom. The summed E-state index contributed by atoms with van der Waals surface area (Å²) in [5, 5.41) is 0. The number of hydrogen-bond acceptors (Lipinski definition) is 0. The minimum atomic E-state index is 0.885.